The van der Waals surface area contributed by atoms with Crippen LogP contribution in [-0.4, -0.2) is 29.7 Å². The van der Waals surface area contributed by atoms with Crippen molar-refractivity contribution in [1.82, 2.24) is 4.90 Å². The number of fused-ring (bicyclic) bond motifs is 1. The van der Waals surface area contributed by atoms with Crippen molar-refractivity contribution in [3.63, 3.8) is 0 Å². The normalized spacial score (nSPS) is 29.8. The number of nitrogens with zero attached hydrogens (tertiary/aromatic N) is 1. The maximum atomic E-state index is 12.7. The molecule has 3 aromatic carbocycles. The average molecular weight is 440 g/mol. The van der Waals surface area contributed by atoms with E-state index >= 15 is 0 Å². The Morgan fingerprint density at radius 2 is 1.36 bits per heavy atom. The second kappa shape index (κ2) is 8.03. The predicted octanol–water partition coefficient (Wildman–Crippen LogP) is 5.57. The second-order valence-corrected chi connectivity index (χ2v) is 9.83. The highest BCUT2D eigenvalue weighted by molar-refractivity contribution is 5.68. The molecule has 6 rings (SSSR count). The molecule has 3 fully saturated rings. The van der Waals surface area contributed by atoms with Gasteiger partial charge in [0.25, 0.3) is 0 Å². The lowest BCUT2D eigenvalue weighted by Crippen LogP contribution is -2.32. The van der Waals surface area contributed by atoms with Gasteiger partial charge in [0, 0.05) is 19.5 Å². The molecular formula is C29H29NO3. The largest absolute Gasteiger partial charge is 0.445 e. The molecule has 3 aliphatic rings. The summed E-state index contributed by atoms with van der Waals surface area (Å²) in [7, 11) is 0. The van der Waals surface area contributed by atoms with Crippen molar-refractivity contribution >= 4 is 6.09 Å². The van der Waals surface area contributed by atoms with Gasteiger partial charge in [-0.3, -0.25) is 0 Å². The van der Waals surface area contributed by atoms with Crippen molar-refractivity contribution in [1.29, 1.82) is 0 Å². The number of amides is 1. The summed E-state index contributed by atoms with van der Waals surface area (Å²) in [4.78, 5) is 14.6. The number of epoxide rings is 1. The summed E-state index contributed by atoms with van der Waals surface area (Å²) in [6, 6.07) is 31.2. The second-order valence-electron chi connectivity index (χ2n) is 9.83. The highest BCUT2D eigenvalue weighted by Crippen LogP contribution is 2.68. The standard InChI is InChI=1S/C29H29NO3/c31-27(32-21-23-12-6-2-7-13-23)30-19-24-17-28(18-25(24)20-30)29(33-28,26-14-8-3-9-15-26)16-22-10-4-1-5-11-22/h1-15,24-25H,16-21H2/t24-,25+,28?,29?. The van der Waals surface area contributed by atoms with Gasteiger partial charge >= 0.3 is 6.09 Å². The van der Waals surface area contributed by atoms with Gasteiger partial charge < -0.3 is 14.4 Å². The molecule has 1 saturated carbocycles. The highest BCUT2D eigenvalue weighted by Gasteiger charge is 2.74. The van der Waals surface area contributed by atoms with E-state index in [1.807, 2.05) is 35.2 Å². The molecule has 1 spiro atoms. The molecule has 4 nitrogen and oxygen atoms in total. The Morgan fingerprint density at radius 3 is 1.97 bits per heavy atom. The molecule has 0 bridgehead atoms. The third-order valence-electron chi connectivity index (χ3n) is 7.82. The van der Waals surface area contributed by atoms with Crippen LogP contribution >= 0.6 is 0 Å². The zero-order valence-electron chi connectivity index (χ0n) is 18.7. The molecule has 2 unspecified atom stereocenters. The average Bonchev–Trinajstić information content (AvgIpc) is 3.10. The van der Waals surface area contributed by atoms with Gasteiger partial charge in [0.1, 0.15) is 17.8 Å². The van der Waals surface area contributed by atoms with E-state index in [-0.39, 0.29) is 17.3 Å². The van der Waals surface area contributed by atoms with Crippen LogP contribution in [0.2, 0.25) is 0 Å². The topological polar surface area (TPSA) is 42.1 Å². The lowest BCUT2D eigenvalue weighted by atomic mass is 9.80. The molecule has 0 aromatic heterocycles. The van der Waals surface area contributed by atoms with Crippen LogP contribution in [0.4, 0.5) is 4.79 Å². The summed E-state index contributed by atoms with van der Waals surface area (Å²) in [5.41, 5.74) is 3.21. The van der Waals surface area contributed by atoms with Gasteiger partial charge in [-0.2, -0.15) is 0 Å². The molecule has 4 heteroatoms. The van der Waals surface area contributed by atoms with Crippen LogP contribution in [0, 0.1) is 11.8 Å². The Labute approximate surface area is 195 Å². The van der Waals surface area contributed by atoms with Crippen molar-refractivity contribution in [3.05, 3.63) is 108 Å². The smallest absolute Gasteiger partial charge is 0.410 e. The molecular weight excluding hydrogens is 410 g/mol. The van der Waals surface area contributed by atoms with Crippen LogP contribution in [0.5, 0.6) is 0 Å². The first kappa shape index (κ1) is 20.5. The summed E-state index contributed by atoms with van der Waals surface area (Å²) in [6.45, 7) is 1.85. The third-order valence-corrected chi connectivity index (χ3v) is 7.82. The van der Waals surface area contributed by atoms with E-state index < -0.39 is 0 Å². The van der Waals surface area contributed by atoms with Crippen LogP contribution in [0.1, 0.15) is 29.5 Å². The van der Waals surface area contributed by atoms with Crippen LogP contribution in [0.15, 0.2) is 91.0 Å². The molecule has 168 valence electrons. The number of rotatable bonds is 5. The summed E-state index contributed by atoms with van der Waals surface area (Å²) in [5, 5.41) is 0. The number of ether oxygens (including phenoxy) is 2. The van der Waals surface area contributed by atoms with E-state index in [2.05, 4.69) is 60.7 Å². The lowest BCUT2D eigenvalue weighted by molar-refractivity contribution is 0.100. The van der Waals surface area contributed by atoms with E-state index in [4.69, 9.17) is 9.47 Å². The fourth-order valence-corrected chi connectivity index (χ4v) is 6.22. The van der Waals surface area contributed by atoms with Crippen LogP contribution < -0.4 is 0 Å². The molecule has 4 atom stereocenters. The SMILES string of the molecule is O=C(OCc1ccccc1)N1C[C@@H]2CC3(C[C@@H]2C1)OC3(Cc1ccccc1)c1ccccc1. The van der Waals surface area contributed by atoms with Gasteiger partial charge in [-0.15, -0.1) is 0 Å². The van der Waals surface area contributed by atoms with Crippen LogP contribution in [0.3, 0.4) is 0 Å². The zero-order valence-corrected chi connectivity index (χ0v) is 18.7. The molecule has 2 aliphatic heterocycles. The number of benzene rings is 3. The van der Waals surface area contributed by atoms with Crippen LogP contribution in [0.25, 0.3) is 0 Å². The molecule has 1 aliphatic carbocycles. The zero-order chi connectivity index (χ0) is 22.3. The van der Waals surface area contributed by atoms with E-state index in [1.54, 1.807) is 0 Å². The van der Waals surface area contributed by atoms with Gasteiger partial charge in [0.2, 0.25) is 0 Å². The summed E-state index contributed by atoms with van der Waals surface area (Å²) >= 11 is 0. The van der Waals surface area contributed by atoms with Gasteiger partial charge in [-0.25, -0.2) is 4.79 Å². The van der Waals surface area contributed by atoms with Crippen molar-refractivity contribution in [2.45, 2.75) is 37.1 Å². The maximum absolute atomic E-state index is 12.7. The molecule has 0 radical (unpaired) electrons. The summed E-state index contributed by atoms with van der Waals surface area (Å²) in [5.74, 6) is 0.936. The molecule has 2 heterocycles. The number of carbonyl (C=O) groups is 1. The first-order chi connectivity index (χ1) is 16.2. The third kappa shape index (κ3) is 3.63. The van der Waals surface area contributed by atoms with Crippen molar-refractivity contribution in [3.8, 4) is 0 Å². The minimum absolute atomic E-state index is 0.125. The quantitative estimate of drug-likeness (QED) is 0.488. The van der Waals surface area contributed by atoms with Crippen molar-refractivity contribution < 1.29 is 14.3 Å². The molecule has 0 N–H and O–H groups in total. The van der Waals surface area contributed by atoms with E-state index in [1.165, 1.54) is 11.1 Å². The van der Waals surface area contributed by atoms with Gasteiger partial charge in [-0.05, 0) is 41.4 Å². The fourth-order valence-electron chi connectivity index (χ4n) is 6.22. The maximum Gasteiger partial charge on any atom is 0.410 e. The molecule has 33 heavy (non-hydrogen) atoms. The number of carbonyl (C=O) groups excluding carboxylic acids is 1. The number of hydrogen-bond donors (Lipinski definition) is 0. The molecule has 2 saturated heterocycles. The monoisotopic (exact) mass is 439 g/mol. The van der Waals surface area contributed by atoms with E-state index in [9.17, 15) is 4.79 Å². The Balaban J connectivity index is 1.15. The summed E-state index contributed by atoms with van der Waals surface area (Å²) in [6.07, 6.45) is 2.70. The highest BCUT2D eigenvalue weighted by atomic mass is 16.6. The van der Waals surface area contributed by atoms with Crippen LogP contribution in [-0.2, 0) is 28.1 Å². The van der Waals surface area contributed by atoms with Crippen molar-refractivity contribution in [2.24, 2.45) is 11.8 Å². The molecule has 3 aromatic rings. The molecule has 1 amide bonds. The fraction of sp³-hybridized carbons (Fsp3) is 0.345. The van der Waals surface area contributed by atoms with Crippen molar-refractivity contribution in [2.75, 3.05) is 13.1 Å². The van der Waals surface area contributed by atoms with Gasteiger partial charge in [0.15, 0.2) is 0 Å². The lowest BCUT2D eigenvalue weighted by Gasteiger charge is -2.21. The minimum atomic E-state index is -0.265. The Kier molecular flexibility index (Phi) is 4.99. The Bertz CT molecular complexity index is 1100. The van der Waals surface area contributed by atoms with E-state index in [0.717, 1.165) is 37.9 Å². The van der Waals surface area contributed by atoms with Gasteiger partial charge in [0.05, 0.1) is 0 Å². The number of likely N-dealkylation sites (tertiary alicyclic amines) is 1. The number of hydrogen-bond acceptors (Lipinski definition) is 3. The Morgan fingerprint density at radius 1 is 0.818 bits per heavy atom. The van der Waals surface area contributed by atoms with E-state index in [0.29, 0.717) is 18.4 Å². The first-order valence-corrected chi connectivity index (χ1v) is 11.9. The first-order valence-electron chi connectivity index (χ1n) is 11.9. The summed E-state index contributed by atoms with van der Waals surface area (Å²) < 4.78 is 12.3. The predicted molar refractivity (Wildman–Crippen MR) is 126 cm³/mol. The minimum Gasteiger partial charge on any atom is -0.445 e. The Hall–Kier alpha value is -3.11. The van der Waals surface area contributed by atoms with Gasteiger partial charge in [-0.1, -0.05) is 91.0 Å².